The summed E-state index contributed by atoms with van der Waals surface area (Å²) in [6.07, 6.45) is 0.118. The minimum atomic E-state index is -0.954. The molecule has 0 radical (unpaired) electrons. The van der Waals surface area contributed by atoms with E-state index in [4.69, 9.17) is 10.5 Å². The number of hydrogen-bond donors (Lipinski definition) is 3. The third kappa shape index (κ3) is 6.13. The molecular formula is C28H28N4O5. The molecule has 1 aliphatic heterocycles. The zero-order chi connectivity index (χ0) is 26.4. The average molecular weight is 501 g/mol. The molecule has 4 N–H and O–H groups in total. The van der Waals surface area contributed by atoms with Crippen LogP contribution in [0.25, 0.3) is 0 Å². The van der Waals surface area contributed by atoms with Gasteiger partial charge in [0.1, 0.15) is 12.6 Å². The first kappa shape index (κ1) is 25.4. The van der Waals surface area contributed by atoms with E-state index < -0.39 is 42.3 Å². The summed E-state index contributed by atoms with van der Waals surface area (Å²) in [5.74, 6) is -1.93. The third-order valence-corrected chi connectivity index (χ3v) is 6.19. The lowest BCUT2D eigenvalue weighted by Gasteiger charge is -2.29. The van der Waals surface area contributed by atoms with Crippen LogP contribution in [0.5, 0.6) is 0 Å². The Morgan fingerprint density at radius 3 is 2.38 bits per heavy atom. The van der Waals surface area contributed by atoms with E-state index in [1.54, 1.807) is 36.4 Å². The molecule has 4 rings (SSSR count). The molecule has 1 heterocycles. The highest BCUT2D eigenvalue weighted by Crippen LogP contribution is 2.27. The van der Waals surface area contributed by atoms with Crippen LogP contribution in [-0.2, 0) is 25.5 Å². The second kappa shape index (κ2) is 11.4. The molecular weight excluding hydrogens is 472 g/mol. The number of anilines is 2. The summed E-state index contributed by atoms with van der Waals surface area (Å²) in [5, 5.41) is 5.64. The van der Waals surface area contributed by atoms with Crippen molar-refractivity contribution in [3.63, 3.8) is 0 Å². The van der Waals surface area contributed by atoms with Crippen LogP contribution in [0.3, 0.4) is 0 Å². The molecule has 2 atom stereocenters. The number of amides is 3. The van der Waals surface area contributed by atoms with Crippen LogP contribution >= 0.6 is 0 Å². The number of carbonyl (C=O) groups excluding carboxylic acids is 4. The fourth-order valence-electron chi connectivity index (χ4n) is 4.31. The number of nitrogens with one attached hydrogen (secondary N) is 2. The van der Waals surface area contributed by atoms with Gasteiger partial charge in [-0.2, -0.15) is 0 Å². The number of benzene rings is 3. The Kier molecular flexibility index (Phi) is 7.83. The molecule has 9 nitrogen and oxygen atoms in total. The van der Waals surface area contributed by atoms with Crippen molar-refractivity contribution in [3.05, 3.63) is 95.6 Å². The first-order valence-corrected chi connectivity index (χ1v) is 11.8. The Morgan fingerprint density at radius 1 is 1.03 bits per heavy atom. The minimum absolute atomic E-state index is 0.0898. The summed E-state index contributed by atoms with van der Waals surface area (Å²) in [7, 11) is 1.28. The van der Waals surface area contributed by atoms with Crippen molar-refractivity contribution in [2.24, 2.45) is 0 Å². The van der Waals surface area contributed by atoms with Crippen molar-refractivity contribution < 1.29 is 23.9 Å². The van der Waals surface area contributed by atoms with Gasteiger partial charge in [-0.15, -0.1) is 0 Å². The van der Waals surface area contributed by atoms with E-state index >= 15 is 0 Å². The standard InChI is InChI=1S/C28H28N4O5/c1-37-26(34)16-23(19-10-6-3-7-11-19)30-25(33)17-32-24(14-18-8-4-2-5-9-18)27(35)31-22-13-12-20(29)15-21(22)28(32)36/h2-13,15,23-24H,14,16-17,29H2,1H3,(H,30,33)(H,31,35). The average Bonchev–Trinajstić information content (AvgIpc) is 2.99. The van der Waals surface area contributed by atoms with Crippen LogP contribution in [0.2, 0.25) is 0 Å². The maximum absolute atomic E-state index is 13.7. The van der Waals surface area contributed by atoms with Gasteiger partial charge in [-0.1, -0.05) is 60.7 Å². The molecule has 9 heteroatoms. The van der Waals surface area contributed by atoms with Crippen molar-refractivity contribution in [3.8, 4) is 0 Å². The highest BCUT2D eigenvalue weighted by atomic mass is 16.5. The Hall–Kier alpha value is -4.66. The summed E-state index contributed by atoms with van der Waals surface area (Å²) in [4.78, 5) is 53.6. The molecule has 190 valence electrons. The lowest BCUT2D eigenvalue weighted by Crippen LogP contribution is -2.51. The second-order valence-electron chi connectivity index (χ2n) is 8.74. The summed E-state index contributed by atoms with van der Waals surface area (Å²) in [5.41, 5.74) is 8.35. The molecule has 0 bridgehead atoms. The molecule has 1 aliphatic rings. The molecule has 0 saturated heterocycles. The zero-order valence-electron chi connectivity index (χ0n) is 20.3. The van der Waals surface area contributed by atoms with Gasteiger partial charge in [-0.3, -0.25) is 19.2 Å². The number of hydrogen-bond acceptors (Lipinski definition) is 6. The van der Waals surface area contributed by atoms with Crippen molar-refractivity contribution in [1.82, 2.24) is 10.2 Å². The van der Waals surface area contributed by atoms with Crippen LogP contribution < -0.4 is 16.4 Å². The molecule has 0 spiro atoms. The third-order valence-electron chi connectivity index (χ3n) is 6.19. The smallest absolute Gasteiger partial charge is 0.307 e. The second-order valence-corrected chi connectivity index (χ2v) is 8.74. The van der Waals surface area contributed by atoms with Crippen LogP contribution in [-0.4, -0.2) is 48.3 Å². The number of nitrogens with zero attached hydrogens (tertiary/aromatic N) is 1. The number of rotatable bonds is 8. The highest BCUT2D eigenvalue weighted by molar-refractivity contribution is 6.11. The Bertz CT molecular complexity index is 1300. The molecule has 3 aromatic carbocycles. The maximum atomic E-state index is 13.7. The normalized spacial score (nSPS) is 15.7. The van der Waals surface area contributed by atoms with E-state index in [1.807, 2.05) is 36.4 Å². The van der Waals surface area contributed by atoms with Crippen LogP contribution in [0.1, 0.15) is 33.9 Å². The molecule has 3 amide bonds. The zero-order valence-corrected chi connectivity index (χ0v) is 20.3. The number of methoxy groups -OCH3 is 1. The van der Waals surface area contributed by atoms with Crippen molar-refractivity contribution in [2.45, 2.75) is 24.9 Å². The molecule has 0 aromatic heterocycles. The van der Waals surface area contributed by atoms with Crippen LogP contribution in [0, 0.1) is 0 Å². The molecule has 0 saturated carbocycles. The van der Waals surface area contributed by atoms with E-state index in [-0.39, 0.29) is 18.4 Å². The summed E-state index contributed by atoms with van der Waals surface area (Å²) < 4.78 is 4.80. The van der Waals surface area contributed by atoms with Gasteiger partial charge in [0.05, 0.1) is 30.8 Å². The van der Waals surface area contributed by atoms with Gasteiger partial charge in [0, 0.05) is 12.1 Å². The number of carbonyl (C=O) groups is 4. The van der Waals surface area contributed by atoms with E-state index in [2.05, 4.69) is 10.6 Å². The van der Waals surface area contributed by atoms with E-state index in [0.29, 0.717) is 16.9 Å². The lowest BCUT2D eigenvalue weighted by molar-refractivity contribution is -0.141. The van der Waals surface area contributed by atoms with Crippen molar-refractivity contribution in [1.29, 1.82) is 0 Å². The largest absolute Gasteiger partial charge is 0.469 e. The van der Waals surface area contributed by atoms with Gasteiger partial charge in [-0.05, 0) is 29.3 Å². The summed E-state index contributed by atoms with van der Waals surface area (Å²) >= 11 is 0. The van der Waals surface area contributed by atoms with Gasteiger partial charge in [0.15, 0.2) is 0 Å². The van der Waals surface area contributed by atoms with E-state index in [9.17, 15) is 19.2 Å². The minimum Gasteiger partial charge on any atom is -0.469 e. The predicted octanol–water partition coefficient (Wildman–Crippen LogP) is 2.70. The van der Waals surface area contributed by atoms with Crippen molar-refractivity contribution in [2.75, 3.05) is 24.7 Å². The predicted molar refractivity (Wildman–Crippen MR) is 138 cm³/mol. The molecule has 2 unspecified atom stereocenters. The Morgan fingerprint density at radius 2 is 1.70 bits per heavy atom. The van der Waals surface area contributed by atoms with Gasteiger partial charge in [-0.25, -0.2) is 0 Å². The van der Waals surface area contributed by atoms with Crippen LogP contribution in [0.4, 0.5) is 11.4 Å². The fraction of sp³-hybridized carbons (Fsp3) is 0.214. The van der Waals surface area contributed by atoms with Crippen LogP contribution in [0.15, 0.2) is 78.9 Å². The first-order valence-electron chi connectivity index (χ1n) is 11.8. The fourth-order valence-corrected chi connectivity index (χ4v) is 4.31. The molecule has 3 aromatic rings. The molecule has 0 aliphatic carbocycles. The lowest BCUT2D eigenvalue weighted by atomic mass is 10.0. The number of nitrogens with two attached hydrogens (primary N) is 1. The molecule has 37 heavy (non-hydrogen) atoms. The number of fused-ring (bicyclic) bond motifs is 1. The first-order chi connectivity index (χ1) is 17.9. The number of ether oxygens (including phenoxy) is 1. The van der Waals surface area contributed by atoms with E-state index in [0.717, 1.165) is 5.56 Å². The maximum Gasteiger partial charge on any atom is 0.307 e. The highest BCUT2D eigenvalue weighted by Gasteiger charge is 2.37. The summed E-state index contributed by atoms with van der Waals surface area (Å²) in [6.45, 7) is -0.400. The number of esters is 1. The Labute approximate surface area is 214 Å². The number of nitrogen functional groups attached to an aromatic ring is 1. The van der Waals surface area contributed by atoms with Gasteiger partial charge in [0.2, 0.25) is 11.8 Å². The quantitative estimate of drug-likeness (QED) is 0.322. The molecule has 0 fully saturated rings. The SMILES string of the molecule is COC(=O)CC(NC(=O)CN1C(=O)c2cc(N)ccc2NC(=O)C1Cc1ccccc1)c1ccccc1. The van der Waals surface area contributed by atoms with E-state index in [1.165, 1.54) is 18.1 Å². The van der Waals surface area contributed by atoms with Gasteiger partial charge < -0.3 is 26.0 Å². The topological polar surface area (TPSA) is 131 Å². The Balaban J connectivity index is 1.64. The van der Waals surface area contributed by atoms with Crippen molar-refractivity contribution >= 4 is 35.1 Å². The monoisotopic (exact) mass is 500 g/mol. The van der Waals surface area contributed by atoms with Gasteiger partial charge in [0.25, 0.3) is 5.91 Å². The van der Waals surface area contributed by atoms with Gasteiger partial charge >= 0.3 is 5.97 Å². The summed E-state index contributed by atoms with van der Waals surface area (Å²) in [6, 6.07) is 21.3.